The minimum absolute atomic E-state index is 0.907. The van der Waals surface area contributed by atoms with E-state index in [0.717, 1.165) is 28.8 Å². The molecule has 128 valence electrons. The summed E-state index contributed by atoms with van der Waals surface area (Å²) >= 11 is 0. The van der Waals surface area contributed by atoms with Gasteiger partial charge in [0.05, 0.1) is 0 Å². The summed E-state index contributed by atoms with van der Waals surface area (Å²) < 4.78 is 14.5. The highest BCUT2D eigenvalue weighted by atomic mass is 31.2. The molecule has 0 unspecified atom stereocenters. The maximum atomic E-state index is 14.5. The molecule has 3 aromatic rings. The zero-order valence-corrected chi connectivity index (χ0v) is 15.7. The van der Waals surface area contributed by atoms with Gasteiger partial charge in [-0.25, -0.2) is 0 Å². The van der Waals surface area contributed by atoms with E-state index in [2.05, 4.69) is 25.1 Å². The largest absolute Gasteiger partial charge is 0.309 e. The predicted molar refractivity (Wildman–Crippen MR) is 109 cm³/mol. The van der Waals surface area contributed by atoms with Gasteiger partial charge in [-0.05, 0) is 18.4 Å². The molecule has 0 saturated carbocycles. The molecule has 0 bridgehead atoms. The highest BCUT2D eigenvalue weighted by Gasteiger charge is 2.31. The lowest BCUT2D eigenvalue weighted by Gasteiger charge is -2.22. The van der Waals surface area contributed by atoms with E-state index in [1.165, 1.54) is 18.4 Å². The monoisotopic (exact) mass is 348 g/mol. The van der Waals surface area contributed by atoms with Crippen LogP contribution in [0.25, 0.3) is 0 Å². The van der Waals surface area contributed by atoms with Gasteiger partial charge in [0.1, 0.15) is 0 Å². The molecule has 0 saturated heterocycles. The first-order chi connectivity index (χ1) is 12.3. The molecule has 0 N–H and O–H groups in total. The van der Waals surface area contributed by atoms with Crippen LogP contribution in [-0.2, 0) is 11.0 Å². The van der Waals surface area contributed by atoms with Crippen molar-refractivity contribution in [2.24, 2.45) is 0 Å². The first-order valence-corrected chi connectivity index (χ1v) is 10.8. The molecule has 0 radical (unpaired) electrons. The molecule has 0 aliphatic rings. The van der Waals surface area contributed by atoms with Crippen molar-refractivity contribution in [3.63, 3.8) is 0 Å². The Kier molecular flexibility index (Phi) is 5.89. The number of rotatable bonds is 7. The van der Waals surface area contributed by atoms with Gasteiger partial charge < -0.3 is 4.57 Å². The van der Waals surface area contributed by atoms with Gasteiger partial charge in [0, 0.05) is 15.9 Å². The van der Waals surface area contributed by atoms with Gasteiger partial charge in [0.2, 0.25) is 0 Å². The second-order valence-electron chi connectivity index (χ2n) is 6.37. The minimum atomic E-state index is -2.86. The molecule has 0 atom stereocenters. The summed E-state index contributed by atoms with van der Waals surface area (Å²) in [4.78, 5) is 0. The molecule has 0 amide bonds. The quantitative estimate of drug-likeness (QED) is 0.431. The topological polar surface area (TPSA) is 17.1 Å². The van der Waals surface area contributed by atoms with Crippen LogP contribution in [0.1, 0.15) is 31.7 Å². The van der Waals surface area contributed by atoms with Crippen LogP contribution >= 0.6 is 7.14 Å². The maximum Gasteiger partial charge on any atom is 0.171 e. The van der Waals surface area contributed by atoms with E-state index in [4.69, 9.17) is 0 Å². The van der Waals surface area contributed by atoms with Crippen LogP contribution in [0.4, 0.5) is 0 Å². The summed E-state index contributed by atoms with van der Waals surface area (Å²) in [5, 5.41) is 2.80. The van der Waals surface area contributed by atoms with Crippen molar-refractivity contribution in [3.05, 3.63) is 90.5 Å². The van der Waals surface area contributed by atoms with Crippen molar-refractivity contribution >= 4 is 23.1 Å². The first kappa shape index (κ1) is 17.7. The maximum absolute atomic E-state index is 14.5. The molecular weight excluding hydrogens is 323 g/mol. The van der Waals surface area contributed by atoms with E-state index in [-0.39, 0.29) is 0 Å². The van der Waals surface area contributed by atoms with Gasteiger partial charge in [0.25, 0.3) is 0 Å². The normalized spacial score (nSPS) is 11.4. The van der Waals surface area contributed by atoms with Crippen molar-refractivity contribution in [1.82, 2.24) is 0 Å². The highest BCUT2D eigenvalue weighted by Crippen LogP contribution is 2.43. The second kappa shape index (κ2) is 8.32. The van der Waals surface area contributed by atoms with Crippen LogP contribution in [0, 0.1) is 0 Å². The summed E-state index contributed by atoms with van der Waals surface area (Å²) in [5.74, 6) is 0. The molecule has 2 heteroatoms. The second-order valence-corrected chi connectivity index (χ2v) is 9.10. The summed E-state index contributed by atoms with van der Waals surface area (Å²) in [6.07, 6.45) is 4.51. The van der Waals surface area contributed by atoms with Crippen molar-refractivity contribution < 1.29 is 4.57 Å². The fourth-order valence-electron chi connectivity index (χ4n) is 3.30. The lowest BCUT2D eigenvalue weighted by Crippen LogP contribution is -2.27. The molecule has 0 heterocycles. The van der Waals surface area contributed by atoms with E-state index in [1.807, 2.05) is 66.7 Å². The van der Waals surface area contributed by atoms with E-state index < -0.39 is 7.14 Å². The van der Waals surface area contributed by atoms with Gasteiger partial charge in [-0.3, -0.25) is 0 Å². The first-order valence-electron chi connectivity index (χ1n) is 9.06. The smallest absolute Gasteiger partial charge is 0.171 e. The molecule has 0 aromatic heterocycles. The average molecular weight is 348 g/mol. The third kappa shape index (κ3) is 3.78. The van der Waals surface area contributed by atoms with Crippen LogP contribution in [0.3, 0.4) is 0 Å². The zero-order valence-electron chi connectivity index (χ0n) is 14.8. The Morgan fingerprint density at radius 1 is 0.680 bits per heavy atom. The van der Waals surface area contributed by atoms with Crippen LogP contribution < -0.4 is 15.9 Å². The Bertz CT molecular complexity index is 797. The Balaban J connectivity index is 2.16. The number of unbranched alkanes of at least 4 members (excludes halogenated alkanes) is 2. The van der Waals surface area contributed by atoms with E-state index in [1.54, 1.807) is 0 Å². The molecule has 25 heavy (non-hydrogen) atoms. The molecule has 0 aliphatic heterocycles. The van der Waals surface area contributed by atoms with Crippen LogP contribution in [0.5, 0.6) is 0 Å². The SMILES string of the molecule is CCCCCc1ccccc1P(=O)(c1ccccc1)c1ccccc1. The number of aryl methyl sites for hydroxylation is 1. The Morgan fingerprint density at radius 2 is 1.20 bits per heavy atom. The number of hydrogen-bond acceptors (Lipinski definition) is 1. The molecule has 0 spiro atoms. The zero-order chi connectivity index (χ0) is 17.5. The van der Waals surface area contributed by atoms with Gasteiger partial charge in [-0.2, -0.15) is 0 Å². The Hall–Kier alpha value is -2.11. The molecular formula is C23H25OP. The van der Waals surface area contributed by atoms with Crippen LogP contribution in [0.15, 0.2) is 84.9 Å². The van der Waals surface area contributed by atoms with Gasteiger partial charge in [-0.1, -0.05) is 105 Å². The third-order valence-electron chi connectivity index (χ3n) is 4.62. The predicted octanol–water partition coefficient (Wildman–Crippen LogP) is 5.06. The van der Waals surface area contributed by atoms with Gasteiger partial charge in [0.15, 0.2) is 7.14 Å². The summed E-state index contributed by atoms with van der Waals surface area (Å²) in [5.41, 5.74) is 1.21. The molecule has 3 rings (SSSR count). The van der Waals surface area contributed by atoms with Gasteiger partial charge >= 0.3 is 0 Å². The summed E-state index contributed by atoms with van der Waals surface area (Å²) in [7, 11) is -2.86. The molecule has 0 fully saturated rings. The fourth-order valence-corrected chi connectivity index (χ4v) is 6.22. The summed E-state index contributed by atoms with van der Waals surface area (Å²) in [6, 6.07) is 28.1. The van der Waals surface area contributed by atoms with Gasteiger partial charge in [-0.15, -0.1) is 0 Å². The van der Waals surface area contributed by atoms with Crippen molar-refractivity contribution in [3.8, 4) is 0 Å². The molecule has 0 aliphatic carbocycles. The lowest BCUT2D eigenvalue weighted by molar-refractivity contribution is 0.592. The number of hydrogen-bond donors (Lipinski definition) is 0. The average Bonchev–Trinajstić information content (AvgIpc) is 2.69. The van der Waals surface area contributed by atoms with Crippen LogP contribution in [-0.4, -0.2) is 0 Å². The minimum Gasteiger partial charge on any atom is -0.309 e. The van der Waals surface area contributed by atoms with E-state index in [0.29, 0.717) is 0 Å². The molecule has 1 nitrogen and oxygen atoms in total. The third-order valence-corrected chi connectivity index (χ3v) is 7.79. The van der Waals surface area contributed by atoms with E-state index in [9.17, 15) is 4.57 Å². The molecule has 3 aromatic carbocycles. The Labute approximate surface area is 151 Å². The van der Waals surface area contributed by atoms with Crippen molar-refractivity contribution in [2.45, 2.75) is 32.6 Å². The summed E-state index contributed by atoms with van der Waals surface area (Å²) in [6.45, 7) is 2.21. The Morgan fingerprint density at radius 3 is 1.76 bits per heavy atom. The lowest BCUT2D eigenvalue weighted by atomic mass is 10.1. The van der Waals surface area contributed by atoms with E-state index >= 15 is 0 Å². The highest BCUT2D eigenvalue weighted by molar-refractivity contribution is 7.85. The van der Waals surface area contributed by atoms with Crippen LogP contribution in [0.2, 0.25) is 0 Å². The standard InChI is InChI=1S/C23H25OP/c1-2-3-6-13-20-14-11-12-19-23(20)25(24,21-15-7-4-8-16-21)22-17-9-5-10-18-22/h4-5,7-12,14-19H,2-3,6,13H2,1H3. The number of benzene rings is 3. The van der Waals surface area contributed by atoms with Crippen molar-refractivity contribution in [2.75, 3.05) is 0 Å². The fraction of sp³-hybridized carbons (Fsp3) is 0.217. The van der Waals surface area contributed by atoms with Crippen molar-refractivity contribution in [1.29, 1.82) is 0 Å².